The molecule has 0 bridgehead atoms. The second kappa shape index (κ2) is 7.66. The first-order chi connectivity index (χ1) is 13.1. The van der Waals surface area contributed by atoms with Crippen LogP contribution < -0.4 is 10.6 Å². The zero-order chi connectivity index (χ0) is 18.8. The highest BCUT2D eigenvalue weighted by Gasteiger charge is 2.30. The van der Waals surface area contributed by atoms with Crippen molar-refractivity contribution in [3.05, 3.63) is 74.8 Å². The molecule has 1 aliphatic rings. The Morgan fingerprint density at radius 3 is 2.56 bits per heavy atom. The summed E-state index contributed by atoms with van der Waals surface area (Å²) in [5.41, 5.74) is 1.92. The van der Waals surface area contributed by atoms with E-state index in [0.29, 0.717) is 4.88 Å². The molecule has 27 heavy (non-hydrogen) atoms. The van der Waals surface area contributed by atoms with Crippen LogP contribution in [0.3, 0.4) is 0 Å². The molecule has 138 valence electrons. The lowest BCUT2D eigenvalue weighted by molar-refractivity contribution is -0.117. The first-order valence-corrected chi connectivity index (χ1v) is 10.6. The Kier molecular flexibility index (Phi) is 5.09. The molecule has 1 aliphatic carbocycles. The van der Waals surface area contributed by atoms with Gasteiger partial charge in [-0.05, 0) is 48.4 Å². The topological polar surface area (TPSA) is 58.2 Å². The van der Waals surface area contributed by atoms with E-state index in [2.05, 4.69) is 10.6 Å². The van der Waals surface area contributed by atoms with Crippen LogP contribution in [0.4, 0.5) is 5.00 Å². The summed E-state index contributed by atoms with van der Waals surface area (Å²) in [4.78, 5) is 26.7. The Morgan fingerprint density at radius 2 is 1.89 bits per heavy atom. The summed E-state index contributed by atoms with van der Waals surface area (Å²) in [6.07, 6.45) is 1.92. The smallest absolute Gasteiger partial charge is 0.262 e. The number of rotatable bonds is 6. The number of amides is 2. The van der Waals surface area contributed by atoms with Gasteiger partial charge in [0, 0.05) is 10.8 Å². The summed E-state index contributed by atoms with van der Waals surface area (Å²) in [6, 6.07) is 15.7. The molecule has 2 N–H and O–H groups in total. The highest BCUT2D eigenvalue weighted by molar-refractivity contribution is 7.18. The first-order valence-electron chi connectivity index (χ1n) is 8.92. The normalized spacial score (nSPS) is 14.6. The highest BCUT2D eigenvalue weighted by Crippen LogP contribution is 2.33. The molecule has 1 aromatic carbocycles. The molecular formula is C21H20N2O2S2. The number of aryl methyl sites for hydroxylation is 1. The number of hydrogen-bond acceptors (Lipinski definition) is 4. The minimum atomic E-state index is -0.190. The van der Waals surface area contributed by atoms with Gasteiger partial charge in [0.15, 0.2) is 0 Å². The van der Waals surface area contributed by atoms with E-state index >= 15 is 0 Å². The van der Waals surface area contributed by atoms with Gasteiger partial charge in [0.25, 0.3) is 5.91 Å². The van der Waals surface area contributed by atoms with Crippen molar-refractivity contribution < 1.29 is 9.59 Å². The van der Waals surface area contributed by atoms with E-state index in [1.165, 1.54) is 11.3 Å². The molecule has 1 saturated carbocycles. The number of benzene rings is 1. The molecule has 6 heteroatoms. The van der Waals surface area contributed by atoms with Crippen molar-refractivity contribution in [1.29, 1.82) is 0 Å². The fourth-order valence-electron chi connectivity index (χ4n) is 2.95. The molecule has 4 nitrogen and oxygen atoms in total. The molecule has 4 rings (SSSR count). The second-order valence-electron chi connectivity index (χ2n) is 6.72. The molecule has 0 spiro atoms. The molecular weight excluding hydrogens is 376 g/mol. The summed E-state index contributed by atoms with van der Waals surface area (Å²) < 4.78 is 0. The van der Waals surface area contributed by atoms with Crippen molar-refractivity contribution in [3.63, 3.8) is 0 Å². The van der Waals surface area contributed by atoms with Crippen LogP contribution in [0.15, 0.2) is 53.9 Å². The van der Waals surface area contributed by atoms with E-state index in [-0.39, 0.29) is 23.8 Å². The van der Waals surface area contributed by atoms with Crippen LogP contribution in [0.5, 0.6) is 0 Å². The molecule has 2 heterocycles. The number of hydrogen-bond donors (Lipinski definition) is 2. The molecule has 0 aliphatic heterocycles. The minimum absolute atomic E-state index is 0.0592. The number of nitrogens with one attached hydrogen (secondary N) is 2. The summed E-state index contributed by atoms with van der Waals surface area (Å²) in [6.45, 7) is 1.90. The van der Waals surface area contributed by atoms with Crippen LogP contribution in [-0.2, 0) is 4.79 Å². The average molecular weight is 397 g/mol. The molecule has 0 radical (unpaired) electrons. The maximum atomic E-state index is 13.0. The minimum Gasteiger partial charge on any atom is -0.340 e. The van der Waals surface area contributed by atoms with Crippen molar-refractivity contribution in [2.24, 2.45) is 5.92 Å². The molecule has 2 amide bonds. The predicted octanol–water partition coefficient (Wildman–Crippen LogP) is 4.99. The quantitative estimate of drug-likeness (QED) is 0.617. The van der Waals surface area contributed by atoms with Crippen molar-refractivity contribution in [2.45, 2.75) is 25.8 Å². The lowest BCUT2D eigenvalue weighted by atomic mass is 10.1. The van der Waals surface area contributed by atoms with Gasteiger partial charge in [-0.3, -0.25) is 9.59 Å². The summed E-state index contributed by atoms with van der Waals surface area (Å²) >= 11 is 2.96. The fraction of sp³-hybridized carbons (Fsp3) is 0.238. The van der Waals surface area contributed by atoms with Gasteiger partial charge < -0.3 is 10.6 Å². The Morgan fingerprint density at radius 1 is 1.11 bits per heavy atom. The van der Waals surface area contributed by atoms with Gasteiger partial charge in [-0.1, -0.05) is 36.4 Å². The van der Waals surface area contributed by atoms with Gasteiger partial charge in [-0.25, -0.2) is 0 Å². The van der Waals surface area contributed by atoms with Crippen LogP contribution in [0, 0.1) is 12.8 Å². The van der Waals surface area contributed by atoms with Gasteiger partial charge >= 0.3 is 0 Å². The Balaban J connectivity index is 1.54. The Hall–Kier alpha value is -2.44. The largest absolute Gasteiger partial charge is 0.340 e. The SMILES string of the molecule is Cc1cc(NC(=O)C2CC2)sc1C(=O)NC(c1ccccc1)c1cccs1. The van der Waals surface area contributed by atoms with Gasteiger partial charge in [0.05, 0.1) is 15.9 Å². The van der Waals surface area contributed by atoms with E-state index in [1.807, 2.05) is 60.8 Å². The fourth-order valence-corrected chi connectivity index (χ4v) is 4.74. The number of anilines is 1. The van der Waals surface area contributed by atoms with E-state index in [0.717, 1.165) is 33.8 Å². The average Bonchev–Trinajstić information content (AvgIpc) is 3.27. The standard InChI is InChI=1S/C21H20N2O2S2/c1-13-12-17(22-20(24)15-9-10-15)27-19(13)21(25)23-18(16-8-5-11-26-16)14-6-3-2-4-7-14/h2-8,11-12,15,18H,9-10H2,1H3,(H,22,24)(H,23,25). The predicted molar refractivity (Wildman–Crippen MR) is 110 cm³/mol. The van der Waals surface area contributed by atoms with Gasteiger partial charge in [-0.2, -0.15) is 0 Å². The van der Waals surface area contributed by atoms with Crippen molar-refractivity contribution >= 4 is 39.5 Å². The zero-order valence-electron chi connectivity index (χ0n) is 14.9. The highest BCUT2D eigenvalue weighted by atomic mass is 32.1. The first kappa shape index (κ1) is 17.9. The van der Waals surface area contributed by atoms with E-state index < -0.39 is 0 Å². The molecule has 1 atom stereocenters. The van der Waals surface area contributed by atoms with Crippen molar-refractivity contribution in [3.8, 4) is 0 Å². The van der Waals surface area contributed by atoms with Crippen LogP contribution >= 0.6 is 22.7 Å². The Bertz CT molecular complexity index is 944. The third kappa shape index (κ3) is 4.12. The van der Waals surface area contributed by atoms with Gasteiger partial charge in [0.1, 0.15) is 0 Å². The molecule has 3 aromatic rings. The second-order valence-corrected chi connectivity index (χ2v) is 8.75. The molecule has 0 saturated heterocycles. The van der Waals surface area contributed by atoms with Gasteiger partial charge in [0.2, 0.25) is 5.91 Å². The molecule has 2 aromatic heterocycles. The molecule has 1 unspecified atom stereocenters. The third-order valence-corrected chi connectivity index (χ3v) is 6.64. The van der Waals surface area contributed by atoms with Crippen LogP contribution in [0.1, 0.15) is 44.6 Å². The monoisotopic (exact) mass is 396 g/mol. The van der Waals surface area contributed by atoms with Crippen molar-refractivity contribution in [1.82, 2.24) is 5.32 Å². The summed E-state index contributed by atoms with van der Waals surface area (Å²) in [5.74, 6) is 0.0848. The Labute approximate surface area is 166 Å². The zero-order valence-corrected chi connectivity index (χ0v) is 16.5. The lowest BCUT2D eigenvalue weighted by Gasteiger charge is -2.18. The van der Waals surface area contributed by atoms with E-state index in [9.17, 15) is 9.59 Å². The van der Waals surface area contributed by atoms with Gasteiger partial charge in [-0.15, -0.1) is 22.7 Å². The van der Waals surface area contributed by atoms with E-state index in [4.69, 9.17) is 0 Å². The number of carbonyl (C=O) groups is 2. The van der Waals surface area contributed by atoms with Crippen LogP contribution in [0.25, 0.3) is 0 Å². The van der Waals surface area contributed by atoms with E-state index in [1.54, 1.807) is 11.3 Å². The summed E-state index contributed by atoms with van der Waals surface area (Å²) in [7, 11) is 0. The number of carbonyl (C=O) groups excluding carboxylic acids is 2. The molecule has 1 fully saturated rings. The maximum Gasteiger partial charge on any atom is 0.262 e. The third-order valence-electron chi connectivity index (χ3n) is 4.55. The van der Waals surface area contributed by atoms with Crippen LogP contribution in [-0.4, -0.2) is 11.8 Å². The number of thiophene rings is 2. The van der Waals surface area contributed by atoms with Crippen molar-refractivity contribution in [2.75, 3.05) is 5.32 Å². The van der Waals surface area contributed by atoms with Crippen LogP contribution in [0.2, 0.25) is 0 Å². The maximum absolute atomic E-state index is 13.0. The lowest BCUT2D eigenvalue weighted by Crippen LogP contribution is -2.28. The summed E-state index contributed by atoms with van der Waals surface area (Å²) in [5, 5.41) is 8.85.